The molecule has 0 saturated carbocycles. The summed E-state index contributed by atoms with van der Waals surface area (Å²) in [7, 11) is 0. The number of hydrogen-bond donors (Lipinski definition) is 1. The number of nitrogens with zero attached hydrogens (tertiary/aromatic N) is 2. The summed E-state index contributed by atoms with van der Waals surface area (Å²) in [5.74, 6) is 0.386. The lowest BCUT2D eigenvalue weighted by Crippen LogP contribution is -2.41. The van der Waals surface area contributed by atoms with Gasteiger partial charge in [0.15, 0.2) is 0 Å². The maximum Gasteiger partial charge on any atom is 0.0865 e. The molecule has 3 heteroatoms. The Morgan fingerprint density at radius 1 is 0.484 bits per heavy atom. The van der Waals surface area contributed by atoms with Crippen molar-refractivity contribution in [3.8, 4) is 27.9 Å². The maximum absolute atomic E-state index is 5.49. The van der Waals surface area contributed by atoms with Gasteiger partial charge in [-0.3, -0.25) is 0 Å². The highest BCUT2D eigenvalue weighted by molar-refractivity contribution is 6.28. The van der Waals surface area contributed by atoms with Crippen LogP contribution in [0.25, 0.3) is 76.9 Å². The van der Waals surface area contributed by atoms with Gasteiger partial charge in [-0.05, 0) is 115 Å². The number of fused-ring (bicyclic) bond motifs is 8. The van der Waals surface area contributed by atoms with Crippen LogP contribution in [0.2, 0.25) is 0 Å². The van der Waals surface area contributed by atoms with Gasteiger partial charge in [0.25, 0.3) is 0 Å². The van der Waals surface area contributed by atoms with Crippen LogP contribution >= 0.6 is 0 Å². The largest absolute Gasteiger partial charge is 0.374 e. The summed E-state index contributed by atoms with van der Waals surface area (Å²) >= 11 is 0. The summed E-state index contributed by atoms with van der Waals surface area (Å²) in [6.07, 6.45) is 7.23. The van der Waals surface area contributed by atoms with Crippen molar-refractivity contribution < 1.29 is 0 Å². The topological polar surface area (TPSA) is 29.3 Å². The van der Waals surface area contributed by atoms with Crippen LogP contribution in [0, 0.1) is 11.8 Å². The van der Waals surface area contributed by atoms with E-state index < -0.39 is 0 Å². The van der Waals surface area contributed by atoms with Crippen molar-refractivity contribution in [2.45, 2.75) is 13.0 Å². The van der Waals surface area contributed by atoms with E-state index in [2.05, 4.69) is 235 Å². The molecule has 1 N–H and O–H groups in total. The molecule has 9 aromatic carbocycles. The fourth-order valence-corrected chi connectivity index (χ4v) is 10.1. The highest BCUT2D eigenvalue weighted by atomic mass is 15.0. The smallest absolute Gasteiger partial charge is 0.0865 e. The number of aliphatic imine (C=N–C) groups is 1. The maximum atomic E-state index is 5.49. The van der Waals surface area contributed by atoms with E-state index in [0.717, 1.165) is 28.3 Å². The van der Waals surface area contributed by atoms with Crippen molar-refractivity contribution in [1.29, 1.82) is 0 Å². The Kier molecular flexibility index (Phi) is 8.60. The second kappa shape index (κ2) is 14.8. The van der Waals surface area contributed by atoms with Crippen molar-refractivity contribution in [1.82, 2.24) is 4.57 Å². The fourth-order valence-electron chi connectivity index (χ4n) is 10.1. The summed E-state index contributed by atoms with van der Waals surface area (Å²) < 4.78 is 2.46. The Morgan fingerprint density at radius 2 is 1.05 bits per heavy atom. The van der Waals surface area contributed by atoms with E-state index in [1.54, 1.807) is 0 Å². The van der Waals surface area contributed by atoms with E-state index in [-0.39, 0.29) is 17.9 Å². The molecule has 3 unspecified atom stereocenters. The average Bonchev–Trinajstić information content (AvgIpc) is 3.69. The van der Waals surface area contributed by atoms with E-state index in [9.17, 15) is 0 Å². The second-order valence-electron chi connectivity index (χ2n) is 16.8. The molecule has 2 heterocycles. The van der Waals surface area contributed by atoms with E-state index in [0.29, 0.717) is 0 Å². The van der Waals surface area contributed by atoms with Gasteiger partial charge in [0.2, 0.25) is 0 Å². The molecule has 62 heavy (non-hydrogen) atoms. The molecule has 0 spiro atoms. The number of rotatable bonds is 6. The molecule has 2 aliphatic rings. The number of para-hydroxylation sites is 2. The first kappa shape index (κ1) is 36.1. The van der Waals surface area contributed by atoms with Gasteiger partial charge in [-0.25, -0.2) is 4.99 Å². The van der Waals surface area contributed by atoms with Crippen LogP contribution < -0.4 is 5.32 Å². The minimum atomic E-state index is -0.0502. The van der Waals surface area contributed by atoms with Crippen molar-refractivity contribution in [3.63, 3.8) is 0 Å². The number of nitrogens with one attached hydrogen (secondary N) is 1. The number of allylic oxidation sites excluding steroid dienone is 3. The first-order chi connectivity index (χ1) is 30.6. The SMILES string of the molecule is CC1C=C(c2cc(-c3ccccc3)cc(-c3ccccc3)c2)C=CC1C1Nc2ccccc2N=C1c1cccc(-n2c3ccc4ccccc4c3c3c4ccccc4ccc32)c1. The predicted molar refractivity (Wildman–Crippen MR) is 263 cm³/mol. The average molecular weight is 794 g/mol. The molecule has 0 amide bonds. The molecule has 0 fully saturated rings. The van der Waals surface area contributed by atoms with Crippen LogP contribution in [0.3, 0.4) is 0 Å². The standard InChI is InChI=1S/C59H43N3/c1-38-33-43(47-35-45(39-15-4-2-5-16-39)34-46(36-47)40-17-6-3-7-18-40)27-30-49(38)59-58(60-52-25-12-13-26-53(52)61-59)44-21-14-22-48(37-44)62-54-31-28-41-19-8-10-23-50(41)56(54)57-51-24-11-9-20-42(51)29-32-55(57)62/h2-38,49,59,61H,1H3. The van der Waals surface area contributed by atoms with Gasteiger partial charge in [-0.2, -0.15) is 0 Å². The minimum Gasteiger partial charge on any atom is -0.374 e. The van der Waals surface area contributed by atoms with Crippen LogP contribution in [-0.4, -0.2) is 16.3 Å². The van der Waals surface area contributed by atoms with Gasteiger partial charge >= 0.3 is 0 Å². The zero-order valence-electron chi connectivity index (χ0n) is 34.4. The molecule has 0 bridgehead atoms. The van der Waals surface area contributed by atoms with Gasteiger partial charge in [-0.1, -0.05) is 171 Å². The van der Waals surface area contributed by atoms with Crippen molar-refractivity contribution in [2.75, 3.05) is 5.32 Å². The van der Waals surface area contributed by atoms with Crippen LogP contribution in [0.1, 0.15) is 18.1 Å². The molecular formula is C59H43N3. The lowest BCUT2D eigenvalue weighted by atomic mass is 9.77. The summed E-state index contributed by atoms with van der Waals surface area (Å²) in [6, 6.07) is 72.6. The number of aromatic nitrogens is 1. The molecule has 12 rings (SSSR count). The van der Waals surface area contributed by atoms with E-state index in [4.69, 9.17) is 4.99 Å². The molecular weight excluding hydrogens is 751 g/mol. The number of hydrogen-bond acceptors (Lipinski definition) is 2. The fraction of sp³-hybridized carbons (Fsp3) is 0.0678. The van der Waals surface area contributed by atoms with Gasteiger partial charge in [0.05, 0.1) is 34.2 Å². The third kappa shape index (κ3) is 6.08. The van der Waals surface area contributed by atoms with Crippen LogP contribution in [0.5, 0.6) is 0 Å². The zero-order valence-corrected chi connectivity index (χ0v) is 34.4. The van der Waals surface area contributed by atoms with Crippen molar-refractivity contribution in [2.24, 2.45) is 16.8 Å². The molecule has 294 valence electrons. The summed E-state index contributed by atoms with van der Waals surface area (Å²) in [5, 5.41) is 11.6. The normalized spacial score (nSPS) is 17.2. The molecule has 3 nitrogen and oxygen atoms in total. The third-order valence-corrected chi connectivity index (χ3v) is 13.1. The monoisotopic (exact) mass is 793 g/mol. The highest BCUT2D eigenvalue weighted by Gasteiger charge is 2.34. The van der Waals surface area contributed by atoms with Gasteiger partial charge in [0, 0.05) is 27.9 Å². The molecule has 1 aromatic heterocycles. The predicted octanol–water partition coefficient (Wildman–Crippen LogP) is 15.2. The Labute approximate surface area is 361 Å². The Balaban J connectivity index is 0.963. The molecule has 1 aliphatic carbocycles. The van der Waals surface area contributed by atoms with E-state index in [1.165, 1.54) is 76.7 Å². The quantitative estimate of drug-likeness (QED) is 0.178. The van der Waals surface area contributed by atoms with Crippen molar-refractivity contribution >= 4 is 66.0 Å². The summed E-state index contributed by atoms with van der Waals surface area (Å²) in [4.78, 5) is 5.49. The first-order valence-corrected chi connectivity index (χ1v) is 21.7. The van der Waals surface area contributed by atoms with E-state index >= 15 is 0 Å². The molecule has 1 aliphatic heterocycles. The van der Waals surface area contributed by atoms with Crippen LogP contribution in [0.4, 0.5) is 11.4 Å². The molecule has 10 aromatic rings. The summed E-state index contributed by atoms with van der Waals surface area (Å²) in [5.41, 5.74) is 15.1. The number of benzene rings is 9. The lowest BCUT2D eigenvalue weighted by Gasteiger charge is -2.36. The minimum absolute atomic E-state index is 0.0502. The van der Waals surface area contributed by atoms with Gasteiger partial charge in [-0.15, -0.1) is 0 Å². The van der Waals surface area contributed by atoms with Crippen LogP contribution in [0.15, 0.2) is 223 Å². The first-order valence-electron chi connectivity index (χ1n) is 21.7. The third-order valence-electron chi connectivity index (χ3n) is 13.1. The molecule has 0 radical (unpaired) electrons. The highest BCUT2D eigenvalue weighted by Crippen LogP contribution is 2.43. The van der Waals surface area contributed by atoms with Gasteiger partial charge in [0.1, 0.15) is 0 Å². The van der Waals surface area contributed by atoms with Gasteiger partial charge < -0.3 is 9.88 Å². The Hall–Kier alpha value is -7.75. The second-order valence-corrected chi connectivity index (χ2v) is 16.8. The van der Waals surface area contributed by atoms with Crippen LogP contribution in [-0.2, 0) is 0 Å². The Morgan fingerprint density at radius 3 is 1.69 bits per heavy atom. The summed E-state index contributed by atoms with van der Waals surface area (Å²) in [6.45, 7) is 2.36. The zero-order chi connectivity index (χ0) is 41.1. The van der Waals surface area contributed by atoms with E-state index in [1.807, 2.05) is 0 Å². The lowest BCUT2D eigenvalue weighted by molar-refractivity contribution is 0.493. The van der Waals surface area contributed by atoms with Crippen molar-refractivity contribution in [3.05, 3.63) is 230 Å². The number of anilines is 1. The Bertz CT molecular complexity index is 3310. The molecule has 0 saturated heterocycles. The molecule has 3 atom stereocenters.